The molecule has 0 bridgehead atoms. The van der Waals surface area contributed by atoms with Gasteiger partial charge in [-0.2, -0.15) is 0 Å². The zero-order valence-corrected chi connectivity index (χ0v) is 6.94. The van der Waals surface area contributed by atoms with E-state index >= 15 is 0 Å². The number of rotatable bonds is 1. The third-order valence-corrected chi connectivity index (χ3v) is 1.98. The van der Waals surface area contributed by atoms with Gasteiger partial charge in [-0.25, -0.2) is 0 Å². The molecule has 0 aliphatic heterocycles. The van der Waals surface area contributed by atoms with E-state index < -0.39 is 0 Å². The molecule has 0 saturated carbocycles. The molecule has 0 nitrogen and oxygen atoms in total. The van der Waals surface area contributed by atoms with Gasteiger partial charge in [0, 0.05) is 5.92 Å². The van der Waals surface area contributed by atoms with Crippen LogP contribution in [0.2, 0.25) is 0 Å². The summed E-state index contributed by atoms with van der Waals surface area (Å²) >= 11 is 11.3. The average molecular weight is 175 g/mol. The highest BCUT2D eigenvalue weighted by molar-refractivity contribution is 6.44. The van der Waals surface area contributed by atoms with Gasteiger partial charge in [-0.15, -0.1) is 23.2 Å². The predicted molar refractivity (Wildman–Crippen MR) is 46.4 cm³/mol. The van der Waals surface area contributed by atoms with Crippen LogP contribution in [0.1, 0.15) is 0 Å². The Labute approximate surface area is 70.8 Å². The molecule has 0 aromatic rings. The summed E-state index contributed by atoms with van der Waals surface area (Å²) in [5.74, 6) is 0.0910. The molecule has 1 unspecified atom stereocenters. The van der Waals surface area contributed by atoms with Crippen LogP contribution in [0.15, 0.2) is 36.5 Å². The largest absolute Gasteiger partial charge is 0.118 e. The van der Waals surface area contributed by atoms with Crippen LogP contribution in [0.5, 0.6) is 0 Å². The maximum atomic E-state index is 5.67. The Balaban J connectivity index is 2.70. The van der Waals surface area contributed by atoms with E-state index in [1.54, 1.807) is 0 Å². The number of halogens is 2. The van der Waals surface area contributed by atoms with Crippen molar-refractivity contribution in [2.75, 3.05) is 0 Å². The van der Waals surface area contributed by atoms with Gasteiger partial charge < -0.3 is 0 Å². The molecule has 1 aliphatic carbocycles. The Bertz CT molecular complexity index is 189. The van der Waals surface area contributed by atoms with E-state index in [1.165, 1.54) is 0 Å². The molecule has 0 heterocycles. The zero-order valence-electron chi connectivity index (χ0n) is 5.43. The first-order chi connectivity index (χ1) is 4.72. The lowest BCUT2D eigenvalue weighted by atomic mass is 9.98. The van der Waals surface area contributed by atoms with Crippen molar-refractivity contribution in [2.24, 2.45) is 5.92 Å². The van der Waals surface area contributed by atoms with Crippen LogP contribution in [-0.4, -0.2) is 4.84 Å². The molecule has 54 valence electrons. The summed E-state index contributed by atoms with van der Waals surface area (Å²) in [7, 11) is 0. The van der Waals surface area contributed by atoms with Gasteiger partial charge in [0.25, 0.3) is 0 Å². The van der Waals surface area contributed by atoms with Crippen molar-refractivity contribution >= 4 is 23.2 Å². The number of allylic oxidation sites excluding steroid dienone is 5. The summed E-state index contributed by atoms with van der Waals surface area (Å²) in [4.78, 5) is -0.381. The van der Waals surface area contributed by atoms with Crippen LogP contribution < -0.4 is 0 Å². The topological polar surface area (TPSA) is 0 Å². The van der Waals surface area contributed by atoms with Crippen molar-refractivity contribution in [3.63, 3.8) is 0 Å². The molecule has 10 heavy (non-hydrogen) atoms. The summed E-state index contributed by atoms with van der Waals surface area (Å²) in [6, 6.07) is 0. The lowest BCUT2D eigenvalue weighted by Gasteiger charge is -2.15. The third kappa shape index (κ3) is 1.65. The first kappa shape index (κ1) is 7.90. The fourth-order valence-electron chi connectivity index (χ4n) is 0.844. The van der Waals surface area contributed by atoms with Crippen molar-refractivity contribution in [1.82, 2.24) is 0 Å². The monoisotopic (exact) mass is 174 g/mol. The lowest BCUT2D eigenvalue weighted by molar-refractivity contribution is 0.851. The van der Waals surface area contributed by atoms with E-state index in [-0.39, 0.29) is 10.8 Å². The summed E-state index contributed by atoms with van der Waals surface area (Å²) in [6.07, 6.45) is 7.72. The third-order valence-electron chi connectivity index (χ3n) is 1.44. The number of hydrogen-bond donors (Lipinski definition) is 0. The maximum absolute atomic E-state index is 5.67. The fourth-order valence-corrected chi connectivity index (χ4v) is 1.34. The predicted octanol–water partition coefficient (Wildman–Crippen LogP) is 3.09. The molecule has 0 radical (unpaired) electrons. The molecular weight excluding hydrogens is 167 g/mol. The molecule has 0 spiro atoms. The summed E-state index contributed by atoms with van der Waals surface area (Å²) < 4.78 is 0. The summed E-state index contributed by atoms with van der Waals surface area (Å²) in [5, 5.41) is 0. The van der Waals surface area contributed by atoms with Gasteiger partial charge in [0.05, 0.1) is 0 Å². The molecule has 0 amide bonds. The normalized spacial score (nSPS) is 24.3. The van der Waals surface area contributed by atoms with E-state index in [4.69, 9.17) is 23.2 Å². The quantitative estimate of drug-likeness (QED) is 0.537. The fraction of sp³-hybridized carbons (Fsp3) is 0.250. The van der Waals surface area contributed by atoms with Gasteiger partial charge >= 0.3 is 0 Å². The van der Waals surface area contributed by atoms with Gasteiger partial charge in [-0.05, 0) is 5.57 Å². The first-order valence-electron chi connectivity index (χ1n) is 3.03. The minimum Gasteiger partial charge on any atom is -0.104 e. The Hall–Kier alpha value is -0.200. The van der Waals surface area contributed by atoms with E-state index in [9.17, 15) is 0 Å². The highest BCUT2D eigenvalue weighted by atomic mass is 35.5. The smallest absolute Gasteiger partial charge is 0.104 e. The Morgan fingerprint density at radius 2 is 2.10 bits per heavy atom. The second-order valence-corrected chi connectivity index (χ2v) is 3.34. The van der Waals surface area contributed by atoms with Crippen LogP contribution in [0.3, 0.4) is 0 Å². The van der Waals surface area contributed by atoms with Crippen LogP contribution in [-0.2, 0) is 0 Å². The van der Waals surface area contributed by atoms with E-state index in [0.717, 1.165) is 5.57 Å². The van der Waals surface area contributed by atoms with Gasteiger partial charge in [0.15, 0.2) is 0 Å². The molecule has 1 atom stereocenters. The van der Waals surface area contributed by atoms with E-state index in [0.29, 0.717) is 0 Å². The molecular formula is C8H8Cl2. The highest BCUT2D eigenvalue weighted by Gasteiger charge is 2.16. The van der Waals surface area contributed by atoms with Crippen molar-refractivity contribution in [3.05, 3.63) is 36.5 Å². The molecule has 0 N–H and O–H groups in total. The van der Waals surface area contributed by atoms with Crippen LogP contribution >= 0.6 is 23.2 Å². The van der Waals surface area contributed by atoms with Crippen LogP contribution in [0.4, 0.5) is 0 Å². The molecule has 0 aromatic carbocycles. The van der Waals surface area contributed by atoms with Gasteiger partial charge in [-0.3, -0.25) is 0 Å². The number of hydrogen-bond acceptors (Lipinski definition) is 0. The van der Waals surface area contributed by atoms with Gasteiger partial charge in [-0.1, -0.05) is 30.9 Å². The van der Waals surface area contributed by atoms with Crippen molar-refractivity contribution in [1.29, 1.82) is 0 Å². The molecule has 2 heteroatoms. The van der Waals surface area contributed by atoms with Crippen LogP contribution in [0.25, 0.3) is 0 Å². The molecule has 0 saturated heterocycles. The van der Waals surface area contributed by atoms with Crippen molar-refractivity contribution in [3.8, 4) is 0 Å². The van der Waals surface area contributed by atoms with E-state index in [2.05, 4.69) is 6.58 Å². The second kappa shape index (κ2) is 3.27. The Kier molecular flexibility index (Phi) is 2.58. The summed E-state index contributed by atoms with van der Waals surface area (Å²) in [6.45, 7) is 3.81. The standard InChI is InChI=1S/C8H8Cl2/c1-6-4-2-3-5-7(6)8(9)10/h2-5,7-8H,1H2. The van der Waals surface area contributed by atoms with Crippen molar-refractivity contribution < 1.29 is 0 Å². The minimum atomic E-state index is -0.381. The maximum Gasteiger partial charge on any atom is 0.118 e. The SMILES string of the molecule is C=C1C=CC=CC1C(Cl)Cl. The Morgan fingerprint density at radius 1 is 1.40 bits per heavy atom. The molecule has 1 rings (SSSR count). The van der Waals surface area contributed by atoms with E-state index in [1.807, 2.05) is 24.3 Å². The number of alkyl halides is 2. The van der Waals surface area contributed by atoms with Crippen molar-refractivity contribution in [2.45, 2.75) is 4.84 Å². The second-order valence-electron chi connectivity index (χ2n) is 2.18. The minimum absolute atomic E-state index is 0.0910. The Morgan fingerprint density at radius 3 is 2.50 bits per heavy atom. The molecule has 0 fully saturated rings. The van der Waals surface area contributed by atoms with Gasteiger partial charge in [0.1, 0.15) is 4.84 Å². The zero-order chi connectivity index (χ0) is 7.56. The summed E-state index contributed by atoms with van der Waals surface area (Å²) in [5.41, 5.74) is 0.970. The van der Waals surface area contributed by atoms with Gasteiger partial charge in [0.2, 0.25) is 0 Å². The average Bonchev–Trinajstić information content (AvgIpc) is 1.88. The first-order valence-corrected chi connectivity index (χ1v) is 3.91. The van der Waals surface area contributed by atoms with Crippen LogP contribution in [0, 0.1) is 5.92 Å². The molecule has 1 aliphatic rings. The molecule has 0 aromatic heterocycles. The lowest BCUT2D eigenvalue weighted by Crippen LogP contribution is -2.08. The highest BCUT2D eigenvalue weighted by Crippen LogP contribution is 2.26.